The van der Waals surface area contributed by atoms with Crippen molar-refractivity contribution in [3.8, 4) is 0 Å². The molecule has 0 aliphatic carbocycles. The van der Waals surface area contributed by atoms with Gasteiger partial charge in [0, 0.05) is 18.5 Å². The largest absolute Gasteiger partial charge is 0.383 e. The predicted octanol–water partition coefficient (Wildman–Crippen LogP) is 4.64. The minimum absolute atomic E-state index is 0.304. The van der Waals surface area contributed by atoms with Gasteiger partial charge in [-0.25, -0.2) is 0 Å². The molecule has 1 aromatic carbocycles. The number of benzene rings is 1. The lowest BCUT2D eigenvalue weighted by atomic mass is 9.82. The fourth-order valence-electron chi connectivity index (χ4n) is 2.22. The molecule has 2 rings (SSSR count). The lowest BCUT2D eigenvalue weighted by Crippen LogP contribution is -2.33. The molecule has 94 valence electrons. The highest BCUT2D eigenvalue weighted by molar-refractivity contribution is 6.42. The van der Waals surface area contributed by atoms with Crippen LogP contribution < -0.4 is 10.6 Å². The lowest BCUT2D eigenvalue weighted by molar-refractivity contribution is 0.307. The lowest BCUT2D eigenvalue weighted by Gasteiger charge is -2.30. The molecule has 17 heavy (non-hydrogen) atoms. The second-order valence-corrected chi connectivity index (χ2v) is 5.54. The summed E-state index contributed by atoms with van der Waals surface area (Å²) in [4.78, 5) is 0. The van der Waals surface area contributed by atoms with Gasteiger partial charge in [-0.2, -0.15) is 0 Å². The van der Waals surface area contributed by atoms with E-state index in [0.717, 1.165) is 37.3 Å². The zero-order chi connectivity index (χ0) is 12.5. The highest BCUT2D eigenvalue weighted by Crippen LogP contribution is 2.37. The summed E-state index contributed by atoms with van der Waals surface area (Å²) in [6, 6.07) is 3.79. The van der Waals surface area contributed by atoms with Crippen LogP contribution in [0.1, 0.15) is 26.7 Å². The Bertz CT molecular complexity index is 379. The Morgan fingerprint density at radius 2 is 1.41 bits per heavy atom. The smallest absolute Gasteiger partial charge is 0.0614 e. The van der Waals surface area contributed by atoms with E-state index in [-0.39, 0.29) is 0 Å². The molecule has 2 nitrogen and oxygen atoms in total. The molecule has 1 aromatic rings. The van der Waals surface area contributed by atoms with E-state index < -0.39 is 0 Å². The number of hydrogen-bond acceptors (Lipinski definition) is 2. The van der Waals surface area contributed by atoms with Gasteiger partial charge in [-0.15, -0.1) is 0 Å². The third-order valence-electron chi connectivity index (χ3n) is 3.87. The normalized spacial score (nSPS) is 17.6. The molecular formula is C13H18Cl2N2. The van der Waals surface area contributed by atoms with Gasteiger partial charge in [0.05, 0.1) is 21.4 Å². The van der Waals surface area contributed by atoms with Crippen LogP contribution in [-0.2, 0) is 0 Å². The van der Waals surface area contributed by atoms with Crippen LogP contribution in [0.25, 0.3) is 0 Å². The molecule has 0 saturated carbocycles. The summed E-state index contributed by atoms with van der Waals surface area (Å²) in [5.41, 5.74) is 2.39. The molecule has 0 saturated heterocycles. The van der Waals surface area contributed by atoms with E-state index in [2.05, 4.69) is 24.5 Å². The average molecular weight is 273 g/mol. The van der Waals surface area contributed by atoms with E-state index >= 15 is 0 Å². The van der Waals surface area contributed by atoms with Crippen LogP contribution in [0.3, 0.4) is 0 Å². The number of hydrogen-bond donors (Lipinski definition) is 2. The Morgan fingerprint density at radius 1 is 1.00 bits per heavy atom. The van der Waals surface area contributed by atoms with Crippen LogP contribution in [0.5, 0.6) is 0 Å². The van der Waals surface area contributed by atoms with Crippen LogP contribution in [0, 0.1) is 5.41 Å². The highest BCUT2D eigenvalue weighted by Gasteiger charge is 2.28. The van der Waals surface area contributed by atoms with Crippen molar-refractivity contribution in [1.29, 1.82) is 0 Å². The number of anilines is 2. The Labute approximate surface area is 113 Å². The third kappa shape index (κ3) is 2.48. The minimum Gasteiger partial charge on any atom is -0.383 e. The van der Waals surface area contributed by atoms with Crippen LogP contribution in [0.4, 0.5) is 11.4 Å². The molecule has 1 heterocycles. The zero-order valence-corrected chi connectivity index (χ0v) is 11.8. The number of nitrogens with one attached hydrogen (secondary N) is 2. The van der Waals surface area contributed by atoms with E-state index in [1.54, 1.807) is 0 Å². The SMILES string of the molecule is CCC1(CC)CNc2cc(Cl)c(Cl)cc2NC1. The first-order valence-corrected chi connectivity index (χ1v) is 6.82. The number of halogens is 2. The molecule has 0 spiro atoms. The quantitative estimate of drug-likeness (QED) is 0.820. The fraction of sp³-hybridized carbons (Fsp3) is 0.538. The third-order valence-corrected chi connectivity index (χ3v) is 4.59. The molecule has 0 atom stereocenters. The van der Waals surface area contributed by atoms with Crippen LogP contribution >= 0.6 is 23.2 Å². The molecule has 4 heteroatoms. The van der Waals surface area contributed by atoms with Crippen molar-refractivity contribution in [2.24, 2.45) is 5.41 Å². The van der Waals surface area contributed by atoms with Crippen molar-refractivity contribution in [3.05, 3.63) is 22.2 Å². The molecule has 0 aromatic heterocycles. The molecule has 1 aliphatic heterocycles. The zero-order valence-electron chi connectivity index (χ0n) is 10.2. The standard InChI is InChI=1S/C13H18Cl2N2/c1-3-13(4-2)7-16-11-5-9(14)10(15)6-12(11)17-8-13/h5-6,16-17H,3-4,7-8H2,1-2H3. The fourth-order valence-corrected chi connectivity index (χ4v) is 2.54. The molecule has 0 bridgehead atoms. The summed E-state index contributed by atoms with van der Waals surface area (Å²) in [5, 5.41) is 8.16. The summed E-state index contributed by atoms with van der Waals surface area (Å²) in [7, 11) is 0. The topological polar surface area (TPSA) is 24.1 Å². The van der Waals surface area contributed by atoms with Crippen molar-refractivity contribution in [2.75, 3.05) is 23.7 Å². The maximum absolute atomic E-state index is 6.04. The minimum atomic E-state index is 0.304. The molecular weight excluding hydrogens is 255 g/mol. The molecule has 1 aliphatic rings. The summed E-state index contributed by atoms with van der Waals surface area (Å²) in [5.74, 6) is 0. The first kappa shape index (κ1) is 12.8. The Balaban J connectivity index is 2.30. The van der Waals surface area contributed by atoms with Crippen LogP contribution in [-0.4, -0.2) is 13.1 Å². The van der Waals surface area contributed by atoms with E-state index in [1.807, 2.05) is 12.1 Å². The number of rotatable bonds is 2. The maximum Gasteiger partial charge on any atom is 0.0614 e. The predicted molar refractivity (Wildman–Crippen MR) is 76.5 cm³/mol. The first-order chi connectivity index (χ1) is 8.10. The van der Waals surface area contributed by atoms with Gasteiger partial charge in [-0.05, 0) is 25.0 Å². The van der Waals surface area contributed by atoms with Crippen molar-refractivity contribution < 1.29 is 0 Å². The van der Waals surface area contributed by atoms with Crippen molar-refractivity contribution in [3.63, 3.8) is 0 Å². The van der Waals surface area contributed by atoms with Crippen LogP contribution in [0.15, 0.2) is 12.1 Å². The van der Waals surface area contributed by atoms with Gasteiger partial charge >= 0.3 is 0 Å². The van der Waals surface area contributed by atoms with Crippen molar-refractivity contribution >= 4 is 34.6 Å². The second-order valence-electron chi connectivity index (χ2n) is 4.73. The Hall–Kier alpha value is -0.600. The molecule has 2 N–H and O–H groups in total. The average Bonchev–Trinajstić information content (AvgIpc) is 2.51. The van der Waals surface area contributed by atoms with Gasteiger partial charge in [-0.3, -0.25) is 0 Å². The maximum atomic E-state index is 6.04. The van der Waals surface area contributed by atoms with Gasteiger partial charge in [0.25, 0.3) is 0 Å². The first-order valence-electron chi connectivity index (χ1n) is 6.07. The van der Waals surface area contributed by atoms with E-state index in [9.17, 15) is 0 Å². The van der Waals surface area contributed by atoms with E-state index in [0.29, 0.717) is 15.5 Å². The molecule has 0 fully saturated rings. The second kappa shape index (κ2) is 4.95. The monoisotopic (exact) mass is 272 g/mol. The van der Waals surface area contributed by atoms with Gasteiger partial charge in [0.15, 0.2) is 0 Å². The van der Waals surface area contributed by atoms with Crippen LogP contribution in [0.2, 0.25) is 10.0 Å². The molecule has 0 amide bonds. The molecule has 0 unspecified atom stereocenters. The Morgan fingerprint density at radius 3 is 1.76 bits per heavy atom. The van der Waals surface area contributed by atoms with E-state index in [4.69, 9.17) is 23.2 Å². The summed E-state index contributed by atoms with van der Waals surface area (Å²) >= 11 is 12.1. The summed E-state index contributed by atoms with van der Waals surface area (Å²) in [6.07, 6.45) is 2.30. The van der Waals surface area contributed by atoms with Gasteiger partial charge < -0.3 is 10.6 Å². The highest BCUT2D eigenvalue weighted by atomic mass is 35.5. The van der Waals surface area contributed by atoms with Gasteiger partial charge in [0.1, 0.15) is 0 Å². The van der Waals surface area contributed by atoms with E-state index in [1.165, 1.54) is 0 Å². The van der Waals surface area contributed by atoms with Gasteiger partial charge in [-0.1, -0.05) is 37.0 Å². The van der Waals surface area contributed by atoms with Gasteiger partial charge in [0.2, 0.25) is 0 Å². The van der Waals surface area contributed by atoms with Crippen molar-refractivity contribution in [1.82, 2.24) is 0 Å². The summed E-state index contributed by atoms with van der Waals surface area (Å²) in [6.45, 7) is 6.42. The molecule has 0 radical (unpaired) electrons. The Kier molecular flexibility index (Phi) is 3.74. The van der Waals surface area contributed by atoms with Crippen molar-refractivity contribution in [2.45, 2.75) is 26.7 Å². The number of fused-ring (bicyclic) bond motifs is 1. The summed E-state index contributed by atoms with van der Waals surface area (Å²) < 4.78 is 0.